The minimum atomic E-state index is -0.398. The van der Waals surface area contributed by atoms with Crippen LogP contribution in [0.3, 0.4) is 0 Å². The van der Waals surface area contributed by atoms with Gasteiger partial charge in [-0.05, 0) is 36.8 Å². The molecule has 3 heterocycles. The molecule has 0 bridgehead atoms. The van der Waals surface area contributed by atoms with Gasteiger partial charge in [-0.1, -0.05) is 23.4 Å². The Morgan fingerprint density at radius 2 is 2.13 bits per heavy atom. The van der Waals surface area contributed by atoms with Gasteiger partial charge in [0.2, 0.25) is 11.8 Å². The number of hydrogen-bond acceptors (Lipinski definition) is 7. The van der Waals surface area contributed by atoms with Crippen molar-refractivity contribution in [1.82, 2.24) is 25.2 Å². The molecule has 9 nitrogen and oxygen atoms in total. The molecule has 1 atom stereocenters. The minimum absolute atomic E-state index is 0.0612. The standard InChI is InChI=1S/C22H19N7O2/c1-12-19-20(15(10-23)21(24)31-22(19)27-25-12)13-7-8-18(30-2)14(9-13)11-29-17-6-4-3-5-16(17)26-28-29/h3-9,20H,11,24H2,1-2H3,(H,25,27)/t20-/m1/s1. The smallest absolute Gasteiger partial charge is 0.244 e. The highest BCUT2D eigenvalue weighted by Gasteiger charge is 2.34. The van der Waals surface area contributed by atoms with Crippen molar-refractivity contribution in [2.75, 3.05) is 7.11 Å². The second-order valence-corrected chi connectivity index (χ2v) is 7.30. The van der Waals surface area contributed by atoms with Gasteiger partial charge in [-0.25, -0.2) is 4.68 Å². The van der Waals surface area contributed by atoms with Crippen LogP contribution in [0.5, 0.6) is 11.6 Å². The summed E-state index contributed by atoms with van der Waals surface area (Å²) in [4.78, 5) is 0. The van der Waals surface area contributed by atoms with Crippen LogP contribution >= 0.6 is 0 Å². The van der Waals surface area contributed by atoms with Crippen LogP contribution < -0.4 is 15.2 Å². The summed E-state index contributed by atoms with van der Waals surface area (Å²) in [7, 11) is 1.63. The monoisotopic (exact) mass is 413 g/mol. The Morgan fingerprint density at radius 1 is 1.29 bits per heavy atom. The summed E-state index contributed by atoms with van der Waals surface area (Å²) in [5.41, 5.74) is 11.5. The summed E-state index contributed by atoms with van der Waals surface area (Å²) in [6, 6.07) is 15.8. The second-order valence-electron chi connectivity index (χ2n) is 7.30. The first kappa shape index (κ1) is 18.7. The fourth-order valence-electron chi connectivity index (χ4n) is 4.03. The number of hydrogen-bond donors (Lipinski definition) is 2. The van der Waals surface area contributed by atoms with E-state index in [1.807, 2.05) is 54.1 Å². The maximum atomic E-state index is 9.80. The molecule has 5 rings (SSSR count). The fraction of sp³-hybridized carbons (Fsp3) is 0.182. The van der Waals surface area contributed by atoms with Crippen molar-refractivity contribution in [3.8, 4) is 17.7 Å². The largest absolute Gasteiger partial charge is 0.496 e. The van der Waals surface area contributed by atoms with Gasteiger partial charge in [-0.3, -0.25) is 5.10 Å². The zero-order valence-corrected chi connectivity index (χ0v) is 17.0. The predicted octanol–water partition coefficient (Wildman–Crippen LogP) is 2.74. The van der Waals surface area contributed by atoms with Crippen LogP contribution in [0.25, 0.3) is 11.0 Å². The van der Waals surface area contributed by atoms with Crippen LogP contribution in [-0.4, -0.2) is 32.3 Å². The summed E-state index contributed by atoms with van der Waals surface area (Å²) in [6.07, 6.45) is 0. The maximum absolute atomic E-state index is 9.80. The number of para-hydroxylation sites is 1. The highest BCUT2D eigenvalue weighted by Crippen LogP contribution is 2.43. The molecule has 0 fully saturated rings. The number of benzene rings is 2. The number of methoxy groups -OCH3 is 1. The van der Waals surface area contributed by atoms with E-state index < -0.39 is 5.92 Å². The number of aromatic amines is 1. The van der Waals surface area contributed by atoms with Crippen LogP contribution in [0, 0.1) is 18.3 Å². The van der Waals surface area contributed by atoms with Crippen molar-refractivity contribution >= 4 is 11.0 Å². The maximum Gasteiger partial charge on any atom is 0.244 e. The summed E-state index contributed by atoms with van der Waals surface area (Å²) in [5.74, 6) is 0.768. The van der Waals surface area contributed by atoms with Crippen molar-refractivity contribution < 1.29 is 9.47 Å². The number of fused-ring (bicyclic) bond motifs is 2. The Hall–Kier alpha value is -4.32. The third-order valence-corrected chi connectivity index (χ3v) is 5.51. The molecule has 0 aliphatic carbocycles. The van der Waals surface area contributed by atoms with Crippen molar-refractivity contribution in [1.29, 1.82) is 5.26 Å². The molecule has 2 aromatic carbocycles. The average Bonchev–Trinajstić information content (AvgIpc) is 3.36. The first-order valence-corrected chi connectivity index (χ1v) is 9.68. The van der Waals surface area contributed by atoms with E-state index in [0.717, 1.165) is 39.2 Å². The van der Waals surface area contributed by atoms with Crippen LogP contribution in [0.2, 0.25) is 0 Å². The van der Waals surface area contributed by atoms with Gasteiger partial charge in [0.1, 0.15) is 22.9 Å². The minimum Gasteiger partial charge on any atom is -0.496 e. The molecule has 1 aliphatic heterocycles. The fourth-order valence-corrected chi connectivity index (χ4v) is 4.03. The first-order valence-electron chi connectivity index (χ1n) is 9.68. The number of H-pyrrole nitrogens is 1. The first-order chi connectivity index (χ1) is 15.1. The number of ether oxygens (including phenoxy) is 2. The predicted molar refractivity (Wildman–Crippen MR) is 112 cm³/mol. The summed E-state index contributed by atoms with van der Waals surface area (Å²) in [6.45, 7) is 2.35. The number of nitrogens with zero attached hydrogens (tertiary/aromatic N) is 5. The summed E-state index contributed by atoms with van der Waals surface area (Å²) >= 11 is 0. The molecular weight excluding hydrogens is 394 g/mol. The second kappa shape index (κ2) is 7.18. The number of rotatable bonds is 4. The van der Waals surface area contributed by atoms with E-state index in [0.29, 0.717) is 18.0 Å². The van der Waals surface area contributed by atoms with Gasteiger partial charge >= 0.3 is 0 Å². The molecule has 9 heteroatoms. The third kappa shape index (κ3) is 2.97. The number of aromatic nitrogens is 5. The van der Waals surface area contributed by atoms with E-state index >= 15 is 0 Å². The van der Waals surface area contributed by atoms with Gasteiger partial charge in [-0.2, -0.15) is 5.26 Å². The number of nitrogens with one attached hydrogen (secondary N) is 1. The summed E-state index contributed by atoms with van der Waals surface area (Å²) in [5, 5.41) is 25.4. The van der Waals surface area contributed by atoms with Gasteiger partial charge in [0.15, 0.2) is 0 Å². The SMILES string of the molecule is COc1ccc([C@@H]2C(C#N)=C(N)Oc3n[nH]c(C)c32)cc1Cn1nnc2ccccc21. The molecule has 4 aromatic rings. The Labute approximate surface area is 177 Å². The van der Waals surface area contributed by atoms with Crippen molar-refractivity contribution in [3.05, 3.63) is 76.3 Å². The molecular formula is C22H19N7O2. The molecule has 0 saturated carbocycles. The van der Waals surface area contributed by atoms with Crippen LogP contribution in [-0.2, 0) is 6.54 Å². The van der Waals surface area contributed by atoms with E-state index in [-0.39, 0.29) is 5.88 Å². The molecule has 1 aliphatic rings. The lowest BCUT2D eigenvalue weighted by molar-refractivity contribution is 0.378. The molecule has 3 N–H and O–H groups in total. The molecule has 154 valence electrons. The van der Waals surface area contributed by atoms with Crippen LogP contribution in [0.1, 0.15) is 28.3 Å². The zero-order chi connectivity index (χ0) is 21.5. The van der Waals surface area contributed by atoms with Gasteiger partial charge in [0, 0.05) is 16.8 Å². The molecule has 0 saturated heterocycles. The number of allylic oxidation sites excluding steroid dienone is 1. The van der Waals surface area contributed by atoms with Crippen molar-refractivity contribution in [2.24, 2.45) is 5.73 Å². The van der Waals surface area contributed by atoms with E-state index in [1.165, 1.54) is 0 Å². The quantitative estimate of drug-likeness (QED) is 0.526. The lowest BCUT2D eigenvalue weighted by Crippen LogP contribution is -2.21. The number of nitriles is 1. The molecule has 0 unspecified atom stereocenters. The average molecular weight is 413 g/mol. The van der Waals surface area contributed by atoms with E-state index in [1.54, 1.807) is 7.11 Å². The molecule has 2 aromatic heterocycles. The lowest BCUT2D eigenvalue weighted by atomic mass is 9.83. The molecule has 0 spiro atoms. The van der Waals surface area contributed by atoms with Crippen LogP contribution in [0.4, 0.5) is 0 Å². The van der Waals surface area contributed by atoms with Crippen LogP contribution in [0.15, 0.2) is 53.9 Å². The van der Waals surface area contributed by atoms with Gasteiger partial charge in [-0.15, -0.1) is 10.2 Å². The zero-order valence-electron chi connectivity index (χ0n) is 17.0. The Morgan fingerprint density at radius 3 is 2.94 bits per heavy atom. The van der Waals surface area contributed by atoms with E-state index in [2.05, 4.69) is 26.6 Å². The van der Waals surface area contributed by atoms with Gasteiger partial charge < -0.3 is 15.2 Å². The topological polar surface area (TPSA) is 128 Å². The van der Waals surface area contributed by atoms with Gasteiger partial charge in [0.05, 0.1) is 25.1 Å². The number of aryl methyl sites for hydroxylation is 1. The molecule has 31 heavy (non-hydrogen) atoms. The van der Waals surface area contributed by atoms with E-state index in [4.69, 9.17) is 15.2 Å². The van der Waals surface area contributed by atoms with Crippen molar-refractivity contribution in [3.63, 3.8) is 0 Å². The summed E-state index contributed by atoms with van der Waals surface area (Å²) < 4.78 is 13.0. The highest BCUT2D eigenvalue weighted by atomic mass is 16.5. The molecule has 0 radical (unpaired) electrons. The Bertz CT molecular complexity index is 1380. The van der Waals surface area contributed by atoms with Crippen molar-refractivity contribution in [2.45, 2.75) is 19.4 Å². The number of nitrogens with two attached hydrogens (primary N) is 1. The Balaban J connectivity index is 1.63. The Kier molecular flexibility index (Phi) is 4.33. The third-order valence-electron chi connectivity index (χ3n) is 5.51. The lowest BCUT2D eigenvalue weighted by Gasteiger charge is -2.24. The molecule has 0 amide bonds. The van der Waals surface area contributed by atoms with Gasteiger partial charge in [0.25, 0.3) is 0 Å². The normalized spacial score (nSPS) is 15.5. The highest BCUT2D eigenvalue weighted by molar-refractivity contribution is 5.74. The van der Waals surface area contributed by atoms with E-state index in [9.17, 15) is 5.26 Å².